The van der Waals surface area contributed by atoms with Crippen LogP contribution in [0.2, 0.25) is 0 Å². The van der Waals surface area contributed by atoms with Gasteiger partial charge in [-0.05, 0) is 87.5 Å². The molecule has 0 heterocycles. The maximum atomic E-state index is 11.1. The third-order valence-corrected chi connectivity index (χ3v) is 8.05. The molecular formula is C21H29NO. The van der Waals surface area contributed by atoms with Crippen LogP contribution in [0.1, 0.15) is 64.7 Å². The summed E-state index contributed by atoms with van der Waals surface area (Å²) < 4.78 is 0. The van der Waals surface area contributed by atoms with E-state index in [1.807, 2.05) is 0 Å². The molecule has 0 aromatic heterocycles. The Labute approximate surface area is 140 Å². The summed E-state index contributed by atoms with van der Waals surface area (Å²) in [6, 6.07) is 0. The molecule has 0 radical (unpaired) electrons. The minimum absolute atomic E-state index is 0.0362. The van der Waals surface area contributed by atoms with E-state index in [2.05, 4.69) is 18.9 Å². The standard InChI is InChI=1S/C21H29NO/c1-3-20-11-9-17-16-8-6-15(22)13-14(16)5-7-18(17)19(20)10-12-21(20,23)4-2/h2,13,16-19,22-23H,3,5-12H2,1H3. The van der Waals surface area contributed by atoms with Crippen LogP contribution < -0.4 is 0 Å². The van der Waals surface area contributed by atoms with E-state index < -0.39 is 5.60 Å². The second-order valence-electron chi connectivity index (χ2n) is 8.45. The predicted octanol–water partition coefficient (Wildman–Crippen LogP) is 4.33. The van der Waals surface area contributed by atoms with Crippen molar-refractivity contribution < 1.29 is 5.11 Å². The van der Waals surface area contributed by atoms with Crippen LogP contribution in [0.5, 0.6) is 0 Å². The van der Waals surface area contributed by atoms with Gasteiger partial charge in [0.05, 0.1) is 0 Å². The molecule has 4 aliphatic carbocycles. The molecule has 6 atom stereocenters. The van der Waals surface area contributed by atoms with E-state index >= 15 is 0 Å². The van der Waals surface area contributed by atoms with Crippen LogP contribution in [0.15, 0.2) is 11.6 Å². The zero-order valence-corrected chi connectivity index (χ0v) is 14.3. The molecule has 6 unspecified atom stereocenters. The van der Waals surface area contributed by atoms with E-state index in [4.69, 9.17) is 11.8 Å². The second kappa shape index (κ2) is 5.21. The highest BCUT2D eigenvalue weighted by Gasteiger charge is 2.63. The Balaban J connectivity index is 1.67. The van der Waals surface area contributed by atoms with Crippen molar-refractivity contribution in [2.24, 2.45) is 29.1 Å². The third kappa shape index (κ3) is 1.96. The van der Waals surface area contributed by atoms with Crippen LogP contribution in [0.25, 0.3) is 0 Å². The second-order valence-corrected chi connectivity index (χ2v) is 8.45. The molecule has 124 valence electrons. The third-order valence-electron chi connectivity index (χ3n) is 8.05. The molecule has 0 aliphatic heterocycles. The molecule has 2 nitrogen and oxygen atoms in total. The maximum absolute atomic E-state index is 11.1. The highest BCUT2D eigenvalue weighted by atomic mass is 16.3. The van der Waals surface area contributed by atoms with Gasteiger partial charge in [-0.25, -0.2) is 0 Å². The van der Waals surface area contributed by atoms with Crippen molar-refractivity contribution in [3.8, 4) is 12.3 Å². The van der Waals surface area contributed by atoms with E-state index in [0.717, 1.165) is 49.7 Å². The van der Waals surface area contributed by atoms with Gasteiger partial charge in [-0.15, -0.1) is 6.42 Å². The molecule has 0 saturated heterocycles. The van der Waals surface area contributed by atoms with Gasteiger partial charge in [-0.1, -0.05) is 18.4 Å². The van der Waals surface area contributed by atoms with Crippen LogP contribution in [-0.4, -0.2) is 16.4 Å². The molecule has 4 rings (SSSR count). The fourth-order valence-electron chi connectivity index (χ4n) is 6.99. The number of terminal acetylenes is 1. The van der Waals surface area contributed by atoms with Gasteiger partial charge in [-0.2, -0.15) is 0 Å². The van der Waals surface area contributed by atoms with E-state index in [9.17, 15) is 5.11 Å². The topological polar surface area (TPSA) is 44.1 Å². The van der Waals surface area contributed by atoms with Crippen LogP contribution in [-0.2, 0) is 0 Å². The quantitative estimate of drug-likeness (QED) is 0.695. The SMILES string of the molecule is C#CC1(O)CCC2C3CCC4=CC(=N)CCC4C3CCC21CC. The first-order valence-electron chi connectivity index (χ1n) is 9.52. The fraction of sp³-hybridized carbons (Fsp3) is 0.762. The van der Waals surface area contributed by atoms with E-state index in [1.165, 1.54) is 25.7 Å². The molecule has 2 heteroatoms. The first-order valence-corrected chi connectivity index (χ1v) is 9.52. The van der Waals surface area contributed by atoms with Crippen LogP contribution in [0.3, 0.4) is 0 Å². The van der Waals surface area contributed by atoms with Crippen molar-refractivity contribution in [2.75, 3.05) is 0 Å². The summed E-state index contributed by atoms with van der Waals surface area (Å²) in [5.74, 6) is 5.63. The van der Waals surface area contributed by atoms with Crippen molar-refractivity contribution >= 4 is 5.71 Å². The lowest BCUT2D eigenvalue weighted by molar-refractivity contribution is -0.0989. The van der Waals surface area contributed by atoms with Gasteiger partial charge in [0.15, 0.2) is 0 Å². The molecule has 0 aromatic carbocycles. The van der Waals surface area contributed by atoms with Crippen LogP contribution in [0, 0.1) is 46.8 Å². The highest BCUT2D eigenvalue weighted by molar-refractivity contribution is 5.93. The molecule has 4 aliphatic rings. The Morgan fingerprint density at radius 1 is 1.22 bits per heavy atom. The Hall–Kier alpha value is -1.07. The number of fused-ring (bicyclic) bond motifs is 5. The van der Waals surface area contributed by atoms with Gasteiger partial charge in [0.1, 0.15) is 5.60 Å². The van der Waals surface area contributed by atoms with Crippen molar-refractivity contribution in [1.82, 2.24) is 0 Å². The lowest BCUT2D eigenvalue weighted by Crippen LogP contribution is -2.53. The highest BCUT2D eigenvalue weighted by Crippen LogP contribution is 2.66. The molecule has 2 N–H and O–H groups in total. The fourth-order valence-corrected chi connectivity index (χ4v) is 6.99. The molecule has 0 amide bonds. The molecule has 23 heavy (non-hydrogen) atoms. The zero-order chi connectivity index (χ0) is 16.2. The summed E-state index contributed by atoms with van der Waals surface area (Å²) in [6.45, 7) is 2.23. The van der Waals surface area contributed by atoms with Gasteiger partial charge >= 0.3 is 0 Å². The number of rotatable bonds is 1. The molecular weight excluding hydrogens is 282 g/mol. The van der Waals surface area contributed by atoms with E-state index in [1.54, 1.807) is 5.57 Å². The number of hydrogen-bond donors (Lipinski definition) is 2. The summed E-state index contributed by atoms with van der Waals surface area (Å²) in [6.07, 6.45) is 17.7. The summed E-state index contributed by atoms with van der Waals surface area (Å²) in [7, 11) is 0. The molecule has 3 saturated carbocycles. The van der Waals surface area contributed by atoms with Crippen molar-refractivity contribution in [2.45, 2.75) is 70.3 Å². The zero-order valence-electron chi connectivity index (χ0n) is 14.3. The molecule has 3 fully saturated rings. The van der Waals surface area contributed by atoms with Gasteiger partial charge in [0, 0.05) is 11.1 Å². The number of allylic oxidation sites excluding steroid dienone is 2. The largest absolute Gasteiger partial charge is 0.377 e. The summed E-state index contributed by atoms with van der Waals surface area (Å²) in [4.78, 5) is 0. The van der Waals surface area contributed by atoms with Gasteiger partial charge in [0.2, 0.25) is 0 Å². The summed E-state index contributed by atoms with van der Waals surface area (Å²) in [5, 5.41) is 19.1. The van der Waals surface area contributed by atoms with Crippen molar-refractivity contribution in [3.05, 3.63) is 11.6 Å². The lowest BCUT2D eigenvalue weighted by atomic mass is 9.49. The minimum Gasteiger partial charge on any atom is -0.377 e. The van der Waals surface area contributed by atoms with Gasteiger partial charge in [-0.3, -0.25) is 0 Å². The van der Waals surface area contributed by atoms with Crippen LogP contribution in [0.4, 0.5) is 0 Å². The number of aliphatic hydroxyl groups is 1. The smallest absolute Gasteiger partial charge is 0.131 e. The Kier molecular flexibility index (Phi) is 3.50. The summed E-state index contributed by atoms with van der Waals surface area (Å²) >= 11 is 0. The van der Waals surface area contributed by atoms with E-state index in [-0.39, 0.29) is 5.41 Å². The average Bonchev–Trinajstić information content (AvgIpc) is 2.88. The molecule has 0 bridgehead atoms. The maximum Gasteiger partial charge on any atom is 0.131 e. The first kappa shape index (κ1) is 15.5. The van der Waals surface area contributed by atoms with Crippen LogP contribution >= 0.6 is 0 Å². The van der Waals surface area contributed by atoms with Crippen molar-refractivity contribution in [3.63, 3.8) is 0 Å². The molecule has 0 spiro atoms. The predicted molar refractivity (Wildman–Crippen MR) is 93.2 cm³/mol. The lowest BCUT2D eigenvalue weighted by Gasteiger charge is -2.56. The monoisotopic (exact) mass is 311 g/mol. The van der Waals surface area contributed by atoms with Gasteiger partial charge < -0.3 is 10.5 Å². The minimum atomic E-state index is -0.873. The van der Waals surface area contributed by atoms with Crippen molar-refractivity contribution in [1.29, 1.82) is 5.41 Å². The Morgan fingerprint density at radius 3 is 2.78 bits per heavy atom. The first-order chi connectivity index (χ1) is 11.0. The number of nitrogens with one attached hydrogen (secondary N) is 1. The average molecular weight is 311 g/mol. The van der Waals surface area contributed by atoms with Gasteiger partial charge in [0.25, 0.3) is 0 Å². The number of hydrogen-bond acceptors (Lipinski definition) is 2. The molecule has 0 aromatic rings. The Bertz CT molecular complexity index is 599. The van der Waals surface area contributed by atoms with E-state index in [0.29, 0.717) is 11.8 Å². The normalized spacial score (nSPS) is 48.7. The Morgan fingerprint density at radius 2 is 2.04 bits per heavy atom. The summed E-state index contributed by atoms with van der Waals surface area (Å²) in [5.41, 5.74) is 1.47.